The first-order valence-corrected chi connectivity index (χ1v) is 10.9. The van der Waals surface area contributed by atoms with E-state index in [-0.39, 0.29) is 12.7 Å². The number of amides is 1. The van der Waals surface area contributed by atoms with Crippen LogP contribution in [-0.4, -0.2) is 22.7 Å². The van der Waals surface area contributed by atoms with Crippen LogP contribution in [0.2, 0.25) is 0 Å². The Bertz CT molecular complexity index is 1390. The van der Waals surface area contributed by atoms with E-state index in [4.69, 9.17) is 14.5 Å². The van der Waals surface area contributed by atoms with Gasteiger partial charge in [0.1, 0.15) is 0 Å². The van der Waals surface area contributed by atoms with Gasteiger partial charge in [-0.3, -0.25) is 10.1 Å². The average Bonchev–Trinajstić information content (AvgIpc) is 3.51. The van der Waals surface area contributed by atoms with Crippen LogP contribution in [0.5, 0.6) is 11.5 Å². The molecule has 0 atom stereocenters. The van der Waals surface area contributed by atoms with Gasteiger partial charge in [0.25, 0.3) is 5.91 Å². The smallest absolute Gasteiger partial charge is 0.258 e. The lowest BCUT2D eigenvalue weighted by molar-refractivity contribution is 0.102. The van der Waals surface area contributed by atoms with Gasteiger partial charge in [-0.15, -0.1) is 11.3 Å². The maximum Gasteiger partial charge on any atom is 0.258 e. The van der Waals surface area contributed by atoms with E-state index in [1.807, 2.05) is 60.0 Å². The number of carbonyl (C=O) groups excluding carboxylic acids is 1. The molecule has 0 saturated heterocycles. The van der Waals surface area contributed by atoms with Gasteiger partial charge in [0.05, 0.1) is 31.9 Å². The zero-order valence-corrected chi connectivity index (χ0v) is 17.0. The summed E-state index contributed by atoms with van der Waals surface area (Å²) < 4.78 is 11.8. The second kappa shape index (κ2) is 6.79. The second-order valence-corrected chi connectivity index (χ2v) is 8.67. The van der Waals surface area contributed by atoms with Crippen LogP contribution in [0.4, 0.5) is 5.13 Å². The van der Waals surface area contributed by atoms with Crippen LogP contribution in [0.25, 0.3) is 31.7 Å². The Morgan fingerprint density at radius 1 is 0.967 bits per heavy atom. The number of aromatic nitrogens is 2. The molecule has 0 saturated carbocycles. The first kappa shape index (κ1) is 17.4. The van der Waals surface area contributed by atoms with E-state index in [1.54, 1.807) is 11.3 Å². The minimum absolute atomic E-state index is 0.217. The van der Waals surface area contributed by atoms with E-state index >= 15 is 0 Å². The van der Waals surface area contributed by atoms with Gasteiger partial charge in [0.15, 0.2) is 16.6 Å². The van der Waals surface area contributed by atoms with Gasteiger partial charge in [0.2, 0.25) is 6.79 Å². The monoisotopic (exact) mass is 431 g/mol. The normalized spacial score (nSPS) is 12.5. The van der Waals surface area contributed by atoms with Crippen molar-refractivity contribution in [3.05, 3.63) is 65.5 Å². The number of para-hydroxylation sites is 1. The molecule has 0 bridgehead atoms. The molecule has 5 aromatic rings. The zero-order valence-electron chi connectivity index (χ0n) is 15.4. The summed E-state index contributed by atoms with van der Waals surface area (Å²) in [5, 5.41) is 6.28. The van der Waals surface area contributed by atoms with Gasteiger partial charge in [-0.1, -0.05) is 35.6 Å². The minimum atomic E-state index is -0.217. The molecule has 6 nitrogen and oxygen atoms in total. The van der Waals surface area contributed by atoms with Gasteiger partial charge in [-0.25, -0.2) is 9.97 Å². The van der Waals surface area contributed by atoms with Gasteiger partial charge in [0, 0.05) is 17.5 Å². The third-order valence-electron chi connectivity index (χ3n) is 4.84. The van der Waals surface area contributed by atoms with Gasteiger partial charge in [-0.2, -0.15) is 0 Å². The van der Waals surface area contributed by atoms with Gasteiger partial charge >= 0.3 is 0 Å². The SMILES string of the molecule is O=C(Nc1nc2cc3c(cc2s1)OCO3)c1cc(-c2cccs2)nc2ccccc12. The van der Waals surface area contributed by atoms with Crippen LogP contribution < -0.4 is 14.8 Å². The molecule has 0 unspecified atom stereocenters. The maximum absolute atomic E-state index is 13.2. The van der Waals surface area contributed by atoms with Gasteiger partial charge < -0.3 is 9.47 Å². The van der Waals surface area contributed by atoms with E-state index in [1.165, 1.54) is 11.3 Å². The van der Waals surface area contributed by atoms with Crippen LogP contribution in [-0.2, 0) is 0 Å². The highest BCUT2D eigenvalue weighted by Crippen LogP contribution is 2.39. The standard InChI is InChI=1S/C22H13N3O3S2/c26-21(25-22-24-16-9-17-18(28-11-27-17)10-20(16)30-22)13-8-15(19-6-3-7-29-19)23-14-5-2-1-4-12(13)14/h1-10H,11H2,(H,24,25,26). The maximum atomic E-state index is 13.2. The summed E-state index contributed by atoms with van der Waals surface area (Å²) in [6.07, 6.45) is 0. The van der Waals surface area contributed by atoms with Crippen LogP contribution >= 0.6 is 22.7 Å². The number of thiophene rings is 1. The lowest BCUT2D eigenvalue weighted by Gasteiger charge is -2.08. The van der Waals surface area contributed by atoms with Crippen molar-refractivity contribution in [2.24, 2.45) is 0 Å². The Labute approximate surface area is 178 Å². The fourth-order valence-electron chi connectivity index (χ4n) is 3.45. The largest absolute Gasteiger partial charge is 0.454 e. The topological polar surface area (TPSA) is 73.3 Å². The van der Waals surface area contributed by atoms with Crippen molar-refractivity contribution < 1.29 is 14.3 Å². The Kier molecular flexibility index (Phi) is 3.93. The predicted octanol–water partition coefficient (Wildman–Crippen LogP) is 5.55. The van der Waals surface area contributed by atoms with Crippen molar-refractivity contribution in [1.29, 1.82) is 0 Å². The summed E-state index contributed by atoms with van der Waals surface area (Å²) in [4.78, 5) is 23.5. The molecule has 8 heteroatoms. The number of anilines is 1. The third kappa shape index (κ3) is 2.89. The summed E-state index contributed by atoms with van der Waals surface area (Å²) in [5.74, 6) is 1.15. The number of benzene rings is 2. The molecule has 0 aliphatic carbocycles. The first-order chi connectivity index (χ1) is 14.7. The number of pyridine rings is 1. The van der Waals surface area contributed by atoms with E-state index in [9.17, 15) is 4.79 Å². The molecule has 4 heterocycles. The van der Waals surface area contributed by atoms with Crippen molar-refractivity contribution in [3.8, 4) is 22.1 Å². The average molecular weight is 431 g/mol. The quantitative estimate of drug-likeness (QED) is 0.405. The van der Waals surface area contributed by atoms with Crippen molar-refractivity contribution in [1.82, 2.24) is 9.97 Å². The molecule has 1 aliphatic heterocycles. The zero-order chi connectivity index (χ0) is 20.1. The summed E-state index contributed by atoms with van der Waals surface area (Å²) >= 11 is 3.00. The summed E-state index contributed by atoms with van der Waals surface area (Å²) in [6.45, 7) is 0.220. The van der Waals surface area contributed by atoms with E-state index in [0.717, 1.165) is 31.7 Å². The van der Waals surface area contributed by atoms with Crippen LogP contribution in [0.15, 0.2) is 60.0 Å². The number of nitrogens with zero attached hydrogens (tertiary/aromatic N) is 2. The summed E-state index contributed by atoms with van der Waals surface area (Å²) in [7, 11) is 0. The molecule has 0 spiro atoms. The lowest BCUT2D eigenvalue weighted by atomic mass is 10.1. The second-order valence-electron chi connectivity index (χ2n) is 6.70. The van der Waals surface area contributed by atoms with Crippen LogP contribution in [0, 0.1) is 0 Å². The molecular weight excluding hydrogens is 418 g/mol. The van der Waals surface area contributed by atoms with E-state index in [0.29, 0.717) is 22.2 Å². The van der Waals surface area contributed by atoms with E-state index in [2.05, 4.69) is 10.3 Å². The first-order valence-electron chi connectivity index (χ1n) is 9.20. The molecular formula is C22H13N3O3S2. The lowest BCUT2D eigenvalue weighted by Crippen LogP contribution is -2.12. The fourth-order valence-corrected chi connectivity index (χ4v) is 5.01. The number of hydrogen-bond donors (Lipinski definition) is 1. The van der Waals surface area contributed by atoms with E-state index < -0.39 is 0 Å². The molecule has 1 aliphatic rings. The molecule has 3 aromatic heterocycles. The number of nitrogens with one attached hydrogen (secondary N) is 1. The number of hydrogen-bond acceptors (Lipinski definition) is 7. The van der Waals surface area contributed by atoms with Crippen molar-refractivity contribution in [2.45, 2.75) is 0 Å². The fraction of sp³-hybridized carbons (Fsp3) is 0.0455. The van der Waals surface area contributed by atoms with Crippen LogP contribution in [0.3, 0.4) is 0 Å². The molecule has 2 aromatic carbocycles. The molecule has 30 heavy (non-hydrogen) atoms. The number of carbonyl (C=O) groups is 1. The number of fused-ring (bicyclic) bond motifs is 3. The highest BCUT2D eigenvalue weighted by molar-refractivity contribution is 7.22. The molecule has 1 N–H and O–H groups in total. The molecule has 0 fully saturated rings. The van der Waals surface area contributed by atoms with Crippen molar-refractivity contribution >= 4 is 54.8 Å². The minimum Gasteiger partial charge on any atom is -0.454 e. The highest BCUT2D eigenvalue weighted by atomic mass is 32.1. The van der Waals surface area contributed by atoms with Gasteiger partial charge in [-0.05, 0) is 23.6 Å². The Morgan fingerprint density at radius 2 is 1.83 bits per heavy atom. The Balaban J connectivity index is 1.40. The third-order valence-corrected chi connectivity index (χ3v) is 6.66. The van der Waals surface area contributed by atoms with Crippen LogP contribution in [0.1, 0.15) is 10.4 Å². The van der Waals surface area contributed by atoms with Crippen molar-refractivity contribution in [3.63, 3.8) is 0 Å². The summed E-state index contributed by atoms with van der Waals surface area (Å²) in [6, 6.07) is 17.2. The Hall–Kier alpha value is -3.49. The highest BCUT2D eigenvalue weighted by Gasteiger charge is 2.19. The molecule has 0 radical (unpaired) electrons. The van der Waals surface area contributed by atoms with Crippen molar-refractivity contribution in [2.75, 3.05) is 12.1 Å². The molecule has 1 amide bonds. The Morgan fingerprint density at radius 3 is 2.70 bits per heavy atom. The predicted molar refractivity (Wildman–Crippen MR) is 119 cm³/mol. The molecule has 146 valence electrons. The number of rotatable bonds is 3. The molecule has 6 rings (SSSR count). The summed E-state index contributed by atoms with van der Waals surface area (Å²) in [5.41, 5.74) is 2.89. The number of ether oxygens (including phenoxy) is 2. The number of thiazole rings is 1.